The Morgan fingerprint density at radius 1 is 0.880 bits per heavy atom. The number of anilines is 1. The summed E-state index contributed by atoms with van der Waals surface area (Å²) in [7, 11) is 0. The van der Waals surface area contributed by atoms with Crippen molar-refractivity contribution < 1.29 is 9.53 Å². The molecule has 0 unspecified atom stereocenters. The first-order chi connectivity index (χ1) is 12.3. The van der Waals surface area contributed by atoms with Crippen LogP contribution in [0.4, 0.5) is 5.69 Å². The molecule has 1 saturated heterocycles. The molecule has 25 heavy (non-hydrogen) atoms. The monoisotopic (exact) mass is 329 g/mol. The Kier molecular flexibility index (Phi) is 3.35. The molecule has 5 rings (SSSR count). The average molecular weight is 329 g/mol. The largest absolute Gasteiger partial charge is 0.378 e. The molecular weight excluding hydrogens is 310 g/mol. The number of hydrogen-bond donors (Lipinski definition) is 0. The highest BCUT2D eigenvalue weighted by atomic mass is 16.5. The van der Waals surface area contributed by atoms with Crippen molar-refractivity contribution in [2.75, 3.05) is 31.2 Å². The lowest BCUT2D eigenvalue weighted by Gasteiger charge is -2.29. The van der Waals surface area contributed by atoms with Crippen LogP contribution in [0.1, 0.15) is 27.0 Å². The van der Waals surface area contributed by atoms with Crippen LogP contribution in [0.2, 0.25) is 0 Å². The number of benzene rings is 3. The van der Waals surface area contributed by atoms with Crippen molar-refractivity contribution in [2.24, 2.45) is 0 Å². The van der Waals surface area contributed by atoms with Crippen LogP contribution in [-0.4, -0.2) is 32.1 Å². The summed E-state index contributed by atoms with van der Waals surface area (Å²) in [5.74, 6) is 0.154. The molecule has 1 fully saturated rings. The summed E-state index contributed by atoms with van der Waals surface area (Å²) in [5, 5.41) is 2.20. The van der Waals surface area contributed by atoms with E-state index in [1.54, 1.807) is 0 Å². The molecule has 0 amide bonds. The van der Waals surface area contributed by atoms with E-state index in [4.69, 9.17) is 4.74 Å². The van der Waals surface area contributed by atoms with E-state index in [2.05, 4.69) is 41.3 Å². The lowest BCUT2D eigenvalue weighted by atomic mass is 9.82. The minimum Gasteiger partial charge on any atom is -0.378 e. The van der Waals surface area contributed by atoms with E-state index in [1.165, 1.54) is 5.69 Å². The Morgan fingerprint density at radius 3 is 2.60 bits per heavy atom. The zero-order valence-corrected chi connectivity index (χ0v) is 14.0. The SMILES string of the molecule is O=C1c2ccccc2Cc2ccc3cc(N4CCOCC4)ccc3c21. The van der Waals surface area contributed by atoms with E-state index in [0.29, 0.717) is 0 Å². The maximum atomic E-state index is 13.1. The molecule has 0 N–H and O–H groups in total. The van der Waals surface area contributed by atoms with E-state index >= 15 is 0 Å². The summed E-state index contributed by atoms with van der Waals surface area (Å²) in [6, 6.07) is 18.7. The number of carbonyl (C=O) groups excluding carboxylic acids is 1. The summed E-state index contributed by atoms with van der Waals surface area (Å²) >= 11 is 0. The van der Waals surface area contributed by atoms with Gasteiger partial charge in [-0.25, -0.2) is 0 Å². The number of ether oxygens (including phenoxy) is 1. The van der Waals surface area contributed by atoms with Crippen LogP contribution in [0.15, 0.2) is 54.6 Å². The fourth-order valence-corrected chi connectivity index (χ4v) is 4.03. The predicted molar refractivity (Wildman–Crippen MR) is 99.7 cm³/mol. The van der Waals surface area contributed by atoms with Crippen LogP contribution in [0.5, 0.6) is 0 Å². The van der Waals surface area contributed by atoms with Gasteiger partial charge >= 0.3 is 0 Å². The number of hydrogen-bond acceptors (Lipinski definition) is 3. The minimum absolute atomic E-state index is 0.154. The van der Waals surface area contributed by atoms with Crippen molar-refractivity contribution in [2.45, 2.75) is 6.42 Å². The van der Waals surface area contributed by atoms with Gasteiger partial charge in [-0.15, -0.1) is 0 Å². The third-order valence-corrected chi connectivity index (χ3v) is 5.34. The standard InChI is InChI=1S/C22H19NO2/c24-22-20-4-2-1-3-15(20)13-17-6-5-16-14-18(7-8-19(16)21(17)22)23-9-11-25-12-10-23/h1-8,14H,9-13H2. The quantitative estimate of drug-likeness (QED) is 0.532. The Labute approximate surface area is 146 Å². The number of nitrogens with zero attached hydrogens (tertiary/aromatic N) is 1. The number of morpholine rings is 1. The molecule has 3 nitrogen and oxygen atoms in total. The van der Waals surface area contributed by atoms with Gasteiger partial charge in [-0.2, -0.15) is 0 Å². The lowest BCUT2D eigenvalue weighted by molar-refractivity contribution is 0.103. The second-order valence-corrected chi connectivity index (χ2v) is 6.77. The van der Waals surface area contributed by atoms with Crippen molar-refractivity contribution in [3.8, 4) is 0 Å². The van der Waals surface area contributed by atoms with E-state index in [9.17, 15) is 4.79 Å². The van der Waals surface area contributed by atoms with Crippen molar-refractivity contribution in [3.63, 3.8) is 0 Å². The Hall–Kier alpha value is -2.65. The highest BCUT2D eigenvalue weighted by Crippen LogP contribution is 2.34. The molecule has 3 aromatic carbocycles. The minimum atomic E-state index is 0.154. The third-order valence-electron chi connectivity index (χ3n) is 5.34. The highest BCUT2D eigenvalue weighted by molar-refractivity contribution is 6.19. The maximum Gasteiger partial charge on any atom is 0.194 e. The fourth-order valence-electron chi connectivity index (χ4n) is 4.03. The Bertz CT molecular complexity index is 986. The van der Waals surface area contributed by atoms with Crippen LogP contribution in [0.3, 0.4) is 0 Å². The molecule has 0 spiro atoms. The fraction of sp³-hybridized carbons (Fsp3) is 0.227. The third kappa shape index (κ3) is 2.35. The molecule has 0 bridgehead atoms. The Balaban J connectivity index is 1.63. The molecule has 0 radical (unpaired) electrons. The molecule has 3 aromatic rings. The zero-order chi connectivity index (χ0) is 16.8. The van der Waals surface area contributed by atoms with Gasteiger partial charge in [-0.1, -0.05) is 42.5 Å². The second-order valence-electron chi connectivity index (χ2n) is 6.77. The summed E-state index contributed by atoms with van der Waals surface area (Å²) in [6.07, 6.45) is 0.832. The number of ketones is 1. The molecule has 2 aliphatic rings. The first-order valence-corrected chi connectivity index (χ1v) is 8.82. The molecular formula is C22H19NO2. The molecule has 1 aliphatic carbocycles. The van der Waals surface area contributed by atoms with E-state index in [0.717, 1.165) is 65.8 Å². The van der Waals surface area contributed by atoms with Crippen molar-refractivity contribution in [3.05, 3.63) is 76.9 Å². The van der Waals surface area contributed by atoms with E-state index in [1.807, 2.05) is 18.2 Å². The molecule has 1 heterocycles. The molecule has 124 valence electrons. The number of rotatable bonds is 1. The van der Waals surface area contributed by atoms with Gasteiger partial charge in [0, 0.05) is 29.9 Å². The smallest absolute Gasteiger partial charge is 0.194 e. The van der Waals surface area contributed by atoms with Gasteiger partial charge in [0.1, 0.15) is 0 Å². The van der Waals surface area contributed by atoms with Crippen molar-refractivity contribution >= 4 is 22.2 Å². The lowest BCUT2D eigenvalue weighted by Crippen LogP contribution is -2.36. The summed E-state index contributed by atoms with van der Waals surface area (Å²) in [4.78, 5) is 15.4. The van der Waals surface area contributed by atoms with Crippen LogP contribution in [0, 0.1) is 0 Å². The summed E-state index contributed by atoms with van der Waals surface area (Å²) in [5.41, 5.74) is 5.20. The Morgan fingerprint density at radius 2 is 1.72 bits per heavy atom. The maximum absolute atomic E-state index is 13.1. The number of fused-ring (bicyclic) bond motifs is 4. The topological polar surface area (TPSA) is 29.5 Å². The van der Waals surface area contributed by atoms with Crippen LogP contribution < -0.4 is 4.90 Å². The second kappa shape index (κ2) is 5.71. The zero-order valence-electron chi connectivity index (χ0n) is 14.0. The first kappa shape index (κ1) is 14.7. The van der Waals surface area contributed by atoms with Gasteiger partial charge < -0.3 is 9.64 Å². The van der Waals surface area contributed by atoms with Gasteiger partial charge in [0.25, 0.3) is 0 Å². The molecule has 3 heteroatoms. The van der Waals surface area contributed by atoms with Gasteiger partial charge in [-0.3, -0.25) is 4.79 Å². The molecule has 1 aliphatic heterocycles. The predicted octanol–water partition coefficient (Wildman–Crippen LogP) is 3.81. The summed E-state index contributed by atoms with van der Waals surface area (Å²) < 4.78 is 5.44. The average Bonchev–Trinajstić information content (AvgIpc) is 2.68. The van der Waals surface area contributed by atoms with Gasteiger partial charge in [-0.05, 0) is 40.5 Å². The van der Waals surface area contributed by atoms with Gasteiger partial charge in [0.15, 0.2) is 5.78 Å². The van der Waals surface area contributed by atoms with Crippen LogP contribution in [-0.2, 0) is 11.2 Å². The van der Waals surface area contributed by atoms with Gasteiger partial charge in [0.05, 0.1) is 13.2 Å². The first-order valence-electron chi connectivity index (χ1n) is 8.82. The van der Waals surface area contributed by atoms with Crippen LogP contribution in [0.25, 0.3) is 10.8 Å². The number of carbonyl (C=O) groups is 1. The van der Waals surface area contributed by atoms with Gasteiger partial charge in [0.2, 0.25) is 0 Å². The highest BCUT2D eigenvalue weighted by Gasteiger charge is 2.25. The van der Waals surface area contributed by atoms with Crippen molar-refractivity contribution in [1.29, 1.82) is 0 Å². The van der Waals surface area contributed by atoms with E-state index in [-0.39, 0.29) is 5.78 Å². The molecule has 0 saturated carbocycles. The van der Waals surface area contributed by atoms with E-state index < -0.39 is 0 Å². The normalized spacial score (nSPS) is 16.6. The van der Waals surface area contributed by atoms with Crippen molar-refractivity contribution in [1.82, 2.24) is 0 Å². The molecule has 0 atom stereocenters. The molecule has 0 aromatic heterocycles. The van der Waals surface area contributed by atoms with Crippen LogP contribution >= 0.6 is 0 Å². The summed E-state index contributed by atoms with van der Waals surface area (Å²) in [6.45, 7) is 3.39.